The van der Waals surface area contributed by atoms with Gasteiger partial charge in [0, 0.05) is 37.3 Å². The Morgan fingerprint density at radius 3 is 2.90 bits per heavy atom. The molecule has 0 spiro atoms. The summed E-state index contributed by atoms with van der Waals surface area (Å²) in [5.74, 6) is 0.258. The van der Waals surface area contributed by atoms with E-state index >= 15 is 0 Å². The average molecular weight is 410 g/mol. The van der Waals surface area contributed by atoms with Crippen LogP contribution in [-0.4, -0.2) is 42.0 Å². The predicted molar refractivity (Wildman–Crippen MR) is 112 cm³/mol. The predicted octanol–water partition coefficient (Wildman–Crippen LogP) is 2.86. The molecule has 1 aromatic carbocycles. The van der Waals surface area contributed by atoms with Crippen LogP contribution in [0.25, 0.3) is 10.6 Å². The van der Waals surface area contributed by atoms with Crippen LogP contribution < -0.4 is 15.0 Å². The normalized spacial score (nSPS) is 16.2. The van der Waals surface area contributed by atoms with Gasteiger partial charge in [-0.1, -0.05) is 6.07 Å². The van der Waals surface area contributed by atoms with Gasteiger partial charge in [-0.05, 0) is 35.7 Å². The first kappa shape index (κ1) is 19.2. The zero-order chi connectivity index (χ0) is 20.2. The van der Waals surface area contributed by atoms with Gasteiger partial charge in [-0.3, -0.25) is 9.59 Å². The number of ether oxygens (including phenoxy) is 1. The second kappa shape index (κ2) is 8.48. The molecule has 7 nitrogen and oxygen atoms in total. The van der Waals surface area contributed by atoms with Gasteiger partial charge in [-0.2, -0.15) is 0 Å². The minimum absolute atomic E-state index is 0.0381. The molecule has 2 aromatic heterocycles. The molecular weight excluding hydrogens is 388 g/mol. The molecule has 29 heavy (non-hydrogen) atoms. The van der Waals surface area contributed by atoms with Crippen LogP contribution in [0.5, 0.6) is 5.75 Å². The number of amides is 2. The highest BCUT2D eigenvalue weighted by Gasteiger charge is 2.35. The number of hydrogen-bond acceptors (Lipinski definition) is 5. The van der Waals surface area contributed by atoms with Crippen LogP contribution in [0.2, 0.25) is 0 Å². The second-order valence-electron chi connectivity index (χ2n) is 6.85. The summed E-state index contributed by atoms with van der Waals surface area (Å²) in [5, 5.41) is 4.98. The summed E-state index contributed by atoms with van der Waals surface area (Å²) < 4.78 is 5.15. The minimum Gasteiger partial charge on any atom is -0.497 e. The van der Waals surface area contributed by atoms with Crippen molar-refractivity contribution < 1.29 is 14.3 Å². The molecule has 150 valence electrons. The SMILES string of the molecule is COc1ccc(N2CC(C(=O)NCCc3[nH]cnc3-c3cccs3)CC2=O)cc1. The number of nitrogens with one attached hydrogen (secondary N) is 2. The third kappa shape index (κ3) is 4.17. The van der Waals surface area contributed by atoms with Crippen LogP contribution >= 0.6 is 11.3 Å². The smallest absolute Gasteiger partial charge is 0.227 e. The van der Waals surface area contributed by atoms with E-state index in [1.165, 1.54) is 0 Å². The van der Waals surface area contributed by atoms with E-state index in [2.05, 4.69) is 15.3 Å². The fourth-order valence-corrected chi connectivity index (χ4v) is 4.24. The first-order valence-electron chi connectivity index (χ1n) is 9.44. The van der Waals surface area contributed by atoms with Crippen LogP contribution in [-0.2, 0) is 16.0 Å². The lowest BCUT2D eigenvalue weighted by Gasteiger charge is -2.17. The van der Waals surface area contributed by atoms with Crippen molar-refractivity contribution in [2.75, 3.05) is 25.1 Å². The zero-order valence-corrected chi connectivity index (χ0v) is 16.9. The van der Waals surface area contributed by atoms with E-state index in [4.69, 9.17) is 4.74 Å². The number of nitrogens with zero attached hydrogens (tertiary/aromatic N) is 2. The van der Waals surface area contributed by atoms with Gasteiger partial charge in [-0.15, -0.1) is 11.3 Å². The molecule has 1 unspecified atom stereocenters. The van der Waals surface area contributed by atoms with Crippen molar-refractivity contribution >= 4 is 28.8 Å². The number of anilines is 1. The summed E-state index contributed by atoms with van der Waals surface area (Å²) >= 11 is 1.63. The molecule has 1 fully saturated rings. The number of benzene rings is 1. The Hall–Kier alpha value is -3.13. The highest BCUT2D eigenvalue weighted by molar-refractivity contribution is 7.13. The first-order valence-corrected chi connectivity index (χ1v) is 10.3. The Bertz CT molecular complexity index is 982. The van der Waals surface area contributed by atoms with Crippen LogP contribution in [0.3, 0.4) is 0 Å². The van der Waals surface area contributed by atoms with E-state index in [0.717, 1.165) is 27.7 Å². The number of thiophene rings is 1. The standard InChI is InChI=1S/C21H22N4O3S/c1-28-16-6-4-15(5-7-16)25-12-14(11-19(25)26)21(27)22-9-8-17-20(24-13-23-17)18-3-2-10-29-18/h2-7,10,13-14H,8-9,11-12H2,1H3,(H,22,27)(H,23,24). The van der Waals surface area contributed by atoms with Crippen LogP contribution in [0.15, 0.2) is 48.1 Å². The number of H-pyrrole nitrogens is 1. The van der Waals surface area contributed by atoms with Crippen molar-refractivity contribution in [3.63, 3.8) is 0 Å². The fraction of sp³-hybridized carbons (Fsp3) is 0.286. The summed E-state index contributed by atoms with van der Waals surface area (Å²) in [4.78, 5) is 35.3. The maximum absolute atomic E-state index is 12.6. The molecule has 0 radical (unpaired) electrons. The van der Waals surface area contributed by atoms with Gasteiger partial charge in [0.15, 0.2) is 0 Å². The minimum atomic E-state index is -0.344. The van der Waals surface area contributed by atoms with Gasteiger partial charge in [0.25, 0.3) is 0 Å². The van der Waals surface area contributed by atoms with Crippen LogP contribution in [0.1, 0.15) is 12.1 Å². The van der Waals surface area contributed by atoms with E-state index in [9.17, 15) is 9.59 Å². The van der Waals surface area contributed by atoms with Crippen molar-refractivity contribution in [1.82, 2.24) is 15.3 Å². The first-order chi connectivity index (χ1) is 14.2. The van der Waals surface area contributed by atoms with E-state index in [-0.39, 0.29) is 24.2 Å². The Kier molecular flexibility index (Phi) is 5.62. The Morgan fingerprint density at radius 1 is 1.34 bits per heavy atom. The highest BCUT2D eigenvalue weighted by atomic mass is 32.1. The van der Waals surface area contributed by atoms with Crippen LogP contribution in [0.4, 0.5) is 5.69 Å². The number of rotatable bonds is 7. The molecule has 1 saturated heterocycles. The van der Waals surface area contributed by atoms with Gasteiger partial charge in [-0.25, -0.2) is 4.98 Å². The third-order valence-electron chi connectivity index (χ3n) is 5.03. The molecule has 0 saturated carbocycles. The lowest BCUT2D eigenvalue weighted by Crippen LogP contribution is -2.34. The fourth-order valence-electron chi connectivity index (χ4n) is 3.49. The lowest BCUT2D eigenvalue weighted by molar-refractivity contribution is -0.126. The monoisotopic (exact) mass is 410 g/mol. The molecule has 2 N–H and O–H groups in total. The molecule has 4 rings (SSSR count). The summed E-state index contributed by atoms with van der Waals surface area (Å²) in [6.07, 6.45) is 2.55. The number of methoxy groups -OCH3 is 1. The quantitative estimate of drug-likeness (QED) is 0.627. The molecule has 1 aliphatic rings. The largest absolute Gasteiger partial charge is 0.497 e. The molecular formula is C21H22N4O3S. The average Bonchev–Trinajstić information content (AvgIpc) is 3.48. The topological polar surface area (TPSA) is 87.3 Å². The zero-order valence-electron chi connectivity index (χ0n) is 16.1. The summed E-state index contributed by atoms with van der Waals surface area (Å²) in [7, 11) is 1.60. The van der Waals surface area contributed by atoms with E-state index in [1.54, 1.807) is 29.7 Å². The van der Waals surface area contributed by atoms with E-state index < -0.39 is 0 Å². The second-order valence-corrected chi connectivity index (χ2v) is 7.80. The lowest BCUT2D eigenvalue weighted by atomic mass is 10.1. The van der Waals surface area contributed by atoms with Gasteiger partial charge in [0.2, 0.25) is 11.8 Å². The molecule has 3 heterocycles. The number of aromatic nitrogens is 2. The molecule has 1 atom stereocenters. The number of carbonyl (C=O) groups is 2. The van der Waals surface area contributed by atoms with Gasteiger partial charge in [0.05, 0.1) is 24.2 Å². The number of carbonyl (C=O) groups excluding carboxylic acids is 2. The van der Waals surface area contributed by atoms with Crippen LogP contribution in [0, 0.1) is 5.92 Å². The molecule has 8 heteroatoms. The Morgan fingerprint density at radius 2 is 2.17 bits per heavy atom. The third-order valence-corrected chi connectivity index (χ3v) is 5.90. The molecule has 0 bridgehead atoms. The molecule has 3 aromatic rings. The Balaban J connectivity index is 1.32. The van der Waals surface area contributed by atoms with Gasteiger partial charge < -0.3 is 19.9 Å². The van der Waals surface area contributed by atoms with Crippen molar-refractivity contribution in [3.8, 4) is 16.3 Å². The van der Waals surface area contributed by atoms with Crippen molar-refractivity contribution in [2.45, 2.75) is 12.8 Å². The number of aromatic amines is 1. The number of imidazole rings is 1. The van der Waals surface area contributed by atoms with Crippen molar-refractivity contribution in [1.29, 1.82) is 0 Å². The number of hydrogen-bond donors (Lipinski definition) is 2. The molecule has 1 aliphatic heterocycles. The molecule has 2 amide bonds. The summed E-state index contributed by atoms with van der Waals surface area (Å²) in [5.41, 5.74) is 2.70. The van der Waals surface area contributed by atoms with Gasteiger partial charge >= 0.3 is 0 Å². The maximum atomic E-state index is 12.6. The highest BCUT2D eigenvalue weighted by Crippen LogP contribution is 2.27. The van der Waals surface area contributed by atoms with Crippen molar-refractivity contribution in [2.24, 2.45) is 5.92 Å². The summed E-state index contributed by atoms with van der Waals surface area (Å²) in [6, 6.07) is 11.3. The summed E-state index contributed by atoms with van der Waals surface area (Å²) in [6.45, 7) is 0.883. The van der Waals surface area contributed by atoms with E-state index in [1.807, 2.05) is 41.8 Å². The van der Waals surface area contributed by atoms with Crippen molar-refractivity contribution in [3.05, 3.63) is 53.8 Å². The maximum Gasteiger partial charge on any atom is 0.227 e. The van der Waals surface area contributed by atoms with Gasteiger partial charge in [0.1, 0.15) is 11.4 Å². The van der Waals surface area contributed by atoms with E-state index in [0.29, 0.717) is 19.5 Å². The Labute approximate surface area is 172 Å². The molecule has 0 aliphatic carbocycles.